The fourth-order valence-corrected chi connectivity index (χ4v) is 3.49. The van der Waals surface area contributed by atoms with E-state index in [9.17, 15) is 4.79 Å². The predicted octanol–water partition coefficient (Wildman–Crippen LogP) is 2.15. The van der Waals surface area contributed by atoms with Crippen LogP contribution < -0.4 is 15.4 Å². The molecule has 0 atom stereocenters. The van der Waals surface area contributed by atoms with Gasteiger partial charge in [-0.2, -0.15) is 10.1 Å². The smallest absolute Gasteiger partial charge is 0.298 e. The number of hydrogen-bond acceptors (Lipinski definition) is 7. The molecule has 0 saturated carbocycles. The average Bonchev–Trinajstić information content (AvgIpc) is 3.21. The number of piperazine rings is 1. The quantitative estimate of drug-likeness (QED) is 0.530. The first kappa shape index (κ1) is 17.4. The van der Waals surface area contributed by atoms with Crippen LogP contribution in [0.15, 0.2) is 70.0 Å². The Hall–Kier alpha value is -3.68. The van der Waals surface area contributed by atoms with E-state index in [4.69, 9.17) is 4.42 Å². The van der Waals surface area contributed by atoms with Crippen molar-refractivity contribution in [2.45, 2.75) is 6.54 Å². The zero-order chi connectivity index (χ0) is 19.6. The molecule has 8 heteroatoms. The zero-order valence-corrected chi connectivity index (χ0v) is 15.8. The van der Waals surface area contributed by atoms with Gasteiger partial charge >= 0.3 is 0 Å². The van der Waals surface area contributed by atoms with Gasteiger partial charge in [-0.1, -0.05) is 18.2 Å². The van der Waals surface area contributed by atoms with E-state index in [1.165, 1.54) is 4.68 Å². The minimum atomic E-state index is -0.135. The van der Waals surface area contributed by atoms with Gasteiger partial charge in [0.2, 0.25) is 0 Å². The highest BCUT2D eigenvalue weighted by Crippen LogP contribution is 2.23. The molecule has 0 unspecified atom stereocenters. The third-order valence-corrected chi connectivity index (χ3v) is 5.05. The van der Waals surface area contributed by atoms with Crippen molar-refractivity contribution in [2.75, 3.05) is 36.0 Å². The molecule has 5 rings (SSSR count). The fraction of sp³-hybridized carbons (Fsp3) is 0.238. The van der Waals surface area contributed by atoms with Gasteiger partial charge in [0.25, 0.3) is 11.6 Å². The van der Waals surface area contributed by atoms with Gasteiger partial charge in [-0.25, -0.2) is 4.68 Å². The predicted molar refractivity (Wildman–Crippen MR) is 110 cm³/mol. The molecule has 0 bridgehead atoms. The molecule has 4 aromatic rings. The van der Waals surface area contributed by atoms with Crippen molar-refractivity contribution in [3.8, 4) is 0 Å². The zero-order valence-electron chi connectivity index (χ0n) is 15.8. The lowest BCUT2D eigenvalue weighted by molar-refractivity contribution is 0.535. The molecule has 8 nitrogen and oxygen atoms in total. The molecular formula is C21H20N6O2. The summed E-state index contributed by atoms with van der Waals surface area (Å²) in [5, 5.41) is 4.56. The fourth-order valence-electron chi connectivity index (χ4n) is 3.49. The van der Waals surface area contributed by atoms with E-state index in [2.05, 4.69) is 24.9 Å². The van der Waals surface area contributed by atoms with Gasteiger partial charge in [0.15, 0.2) is 5.58 Å². The van der Waals surface area contributed by atoms with Gasteiger partial charge in [-0.15, -0.1) is 0 Å². The molecule has 4 heterocycles. The summed E-state index contributed by atoms with van der Waals surface area (Å²) in [6.45, 7) is 3.44. The number of para-hydroxylation sites is 2. The number of benzene rings is 1. The lowest BCUT2D eigenvalue weighted by atomic mass is 10.3. The maximum absolute atomic E-state index is 12.2. The van der Waals surface area contributed by atoms with Gasteiger partial charge in [0.1, 0.15) is 11.3 Å². The van der Waals surface area contributed by atoms with Gasteiger partial charge in [0.05, 0.1) is 12.2 Å². The van der Waals surface area contributed by atoms with E-state index in [1.54, 1.807) is 18.3 Å². The van der Waals surface area contributed by atoms with Crippen LogP contribution >= 0.6 is 0 Å². The number of pyridine rings is 1. The first-order valence-electron chi connectivity index (χ1n) is 9.60. The number of aromatic nitrogens is 4. The second-order valence-electron chi connectivity index (χ2n) is 6.95. The number of fused-ring (bicyclic) bond motifs is 1. The summed E-state index contributed by atoms with van der Waals surface area (Å²) in [7, 11) is 0. The molecule has 0 N–H and O–H groups in total. The van der Waals surface area contributed by atoms with Crippen molar-refractivity contribution in [2.24, 2.45) is 0 Å². The monoisotopic (exact) mass is 388 g/mol. The molecule has 0 aliphatic carbocycles. The SMILES string of the molecule is O=c1ccc(N2CCN(c3nc4ccccc4o3)CC2)nn1Cc1ccccn1. The minimum absolute atomic E-state index is 0.135. The van der Waals surface area contributed by atoms with Crippen LogP contribution in [0.1, 0.15) is 5.69 Å². The van der Waals surface area contributed by atoms with E-state index < -0.39 is 0 Å². The molecule has 29 heavy (non-hydrogen) atoms. The average molecular weight is 388 g/mol. The topological polar surface area (TPSA) is 80.3 Å². The molecule has 1 aliphatic rings. The molecular weight excluding hydrogens is 368 g/mol. The van der Waals surface area contributed by atoms with Gasteiger partial charge in [0, 0.05) is 38.4 Å². The Kier molecular flexibility index (Phi) is 4.44. The Labute approximate surface area is 167 Å². The minimum Gasteiger partial charge on any atom is -0.423 e. The maximum Gasteiger partial charge on any atom is 0.298 e. The van der Waals surface area contributed by atoms with E-state index in [1.807, 2.05) is 42.5 Å². The van der Waals surface area contributed by atoms with Crippen LogP contribution in [0.2, 0.25) is 0 Å². The number of nitrogens with zero attached hydrogens (tertiary/aromatic N) is 6. The van der Waals surface area contributed by atoms with Crippen molar-refractivity contribution in [3.63, 3.8) is 0 Å². The van der Waals surface area contributed by atoms with Crippen LogP contribution in [0, 0.1) is 0 Å². The summed E-state index contributed by atoms with van der Waals surface area (Å²) >= 11 is 0. The van der Waals surface area contributed by atoms with Crippen LogP contribution in [0.3, 0.4) is 0 Å². The van der Waals surface area contributed by atoms with E-state index in [0.29, 0.717) is 12.6 Å². The van der Waals surface area contributed by atoms with Crippen LogP contribution in [0.25, 0.3) is 11.1 Å². The standard InChI is InChI=1S/C21H20N6O2/c28-20-9-8-19(24-27(20)15-16-5-3-4-10-22-16)25-11-13-26(14-12-25)21-23-17-6-1-2-7-18(17)29-21/h1-10H,11-15H2. The molecule has 1 fully saturated rings. The van der Waals surface area contributed by atoms with E-state index in [0.717, 1.165) is 48.8 Å². The summed E-state index contributed by atoms with van der Waals surface area (Å²) in [6.07, 6.45) is 1.72. The largest absolute Gasteiger partial charge is 0.423 e. The Morgan fingerprint density at radius 2 is 1.69 bits per heavy atom. The van der Waals surface area contributed by atoms with Crippen molar-refractivity contribution in [3.05, 3.63) is 76.8 Å². The van der Waals surface area contributed by atoms with Crippen LogP contribution in [0.4, 0.5) is 11.8 Å². The molecule has 0 radical (unpaired) electrons. The molecule has 1 saturated heterocycles. The van der Waals surface area contributed by atoms with E-state index in [-0.39, 0.29) is 5.56 Å². The molecule has 0 amide bonds. The lowest BCUT2D eigenvalue weighted by Gasteiger charge is -2.34. The van der Waals surface area contributed by atoms with Gasteiger partial charge in [-0.05, 0) is 30.3 Å². The molecule has 3 aromatic heterocycles. The van der Waals surface area contributed by atoms with Crippen molar-refractivity contribution >= 4 is 22.9 Å². The van der Waals surface area contributed by atoms with Gasteiger partial charge < -0.3 is 14.2 Å². The van der Waals surface area contributed by atoms with Crippen LogP contribution in [0.5, 0.6) is 0 Å². The second-order valence-corrected chi connectivity index (χ2v) is 6.95. The summed E-state index contributed by atoms with van der Waals surface area (Å²) in [6, 6.07) is 17.4. The summed E-state index contributed by atoms with van der Waals surface area (Å²) in [4.78, 5) is 25.4. The number of hydrogen-bond donors (Lipinski definition) is 0. The van der Waals surface area contributed by atoms with Crippen molar-refractivity contribution in [1.82, 2.24) is 19.7 Å². The van der Waals surface area contributed by atoms with Crippen LogP contribution in [-0.2, 0) is 6.54 Å². The van der Waals surface area contributed by atoms with Crippen LogP contribution in [-0.4, -0.2) is 45.9 Å². The highest BCUT2D eigenvalue weighted by atomic mass is 16.4. The molecule has 146 valence electrons. The number of rotatable bonds is 4. The normalized spacial score (nSPS) is 14.5. The Morgan fingerprint density at radius 3 is 2.48 bits per heavy atom. The molecule has 1 aliphatic heterocycles. The molecule has 1 aromatic carbocycles. The Balaban J connectivity index is 1.30. The Bertz CT molecular complexity index is 1150. The second kappa shape index (κ2) is 7.38. The van der Waals surface area contributed by atoms with Crippen molar-refractivity contribution < 1.29 is 4.42 Å². The summed E-state index contributed by atoms with van der Waals surface area (Å²) in [5.41, 5.74) is 2.34. The highest BCUT2D eigenvalue weighted by molar-refractivity contribution is 5.74. The van der Waals surface area contributed by atoms with E-state index >= 15 is 0 Å². The third-order valence-electron chi connectivity index (χ3n) is 5.05. The first-order valence-corrected chi connectivity index (χ1v) is 9.60. The highest BCUT2D eigenvalue weighted by Gasteiger charge is 2.22. The number of oxazole rings is 1. The third kappa shape index (κ3) is 3.56. The van der Waals surface area contributed by atoms with Gasteiger partial charge in [-0.3, -0.25) is 9.78 Å². The molecule has 0 spiro atoms. The number of anilines is 2. The summed E-state index contributed by atoms with van der Waals surface area (Å²) < 4.78 is 7.34. The summed E-state index contributed by atoms with van der Waals surface area (Å²) in [5.74, 6) is 0.790. The maximum atomic E-state index is 12.2. The van der Waals surface area contributed by atoms with Crippen molar-refractivity contribution in [1.29, 1.82) is 0 Å². The first-order chi connectivity index (χ1) is 14.3. The lowest BCUT2D eigenvalue weighted by Crippen LogP contribution is -2.47. The Morgan fingerprint density at radius 1 is 0.897 bits per heavy atom.